The fourth-order valence-electron chi connectivity index (χ4n) is 3.40. The first-order chi connectivity index (χ1) is 15.0. The molecule has 1 unspecified atom stereocenters. The lowest BCUT2D eigenvalue weighted by atomic mass is 9.78. The third kappa shape index (κ3) is 6.29. The van der Waals surface area contributed by atoms with Crippen molar-refractivity contribution in [3.05, 3.63) is 109 Å². The lowest BCUT2D eigenvalue weighted by Gasteiger charge is -2.26. The molecule has 4 heteroatoms. The molecule has 3 aromatic rings. The summed E-state index contributed by atoms with van der Waals surface area (Å²) in [4.78, 5) is 4.47. The van der Waals surface area contributed by atoms with Gasteiger partial charge in [-0.3, -0.25) is 0 Å². The molecule has 1 atom stereocenters. The molecule has 0 amide bonds. The number of hydrogen-bond acceptors (Lipinski definition) is 3. The van der Waals surface area contributed by atoms with Gasteiger partial charge in [0.25, 0.3) is 0 Å². The number of ether oxygens (including phenoxy) is 2. The van der Waals surface area contributed by atoms with Crippen molar-refractivity contribution >= 4 is 0 Å². The van der Waals surface area contributed by atoms with Gasteiger partial charge in [0.15, 0.2) is 0 Å². The van der Waals surface area contributed by atoms with Crippen molar-refractivity contribution < 1.29 is 13.9 Å². The van der Waals surface area contributed by atoms with Crippen molar-refractivity contribution in [2.75, 3.05) is 6.61 Å². The number of pyridine rings is 1. The molecule has 0 fully saturated rings. The summed E-state index contributed by atoms with van der Waals surface area (Å²) < 4.78 is 25.3. The van der Waals surface area contributed by atoms with Gasteiger partial charge in [-0.15, -0.1) is 6.58 Å². The molecule has 0 aliphatic carbocycles. The Hall–Kier alpha value is -3.40. The number of allylic oxidation sites excluding steroid dienone is 1. The summed E-state index contributed by atoms with van der Waals surface area (Å²) >= 11 is 0. The van der Waals surface area contributed by atoms with Crippen LogP contribution in [-0.4, -0.2) is 11.6 Å². The van der Waals surface area contributed by atoms with E-state index in [1.807, 2.05) is 48.5 Å². The highest BCUT2D eigenvalue weighted by Crippen LogP contribution is 2.32. The predicted molar refractivity (Wildman–Crippen MR) is 123 cm³/mol. The van der Waals surface area contributed by atoms with Gasteiger partial charge in [-0.1, -0.05) is 56.0 Å². The summed E-state index contributed by atoms with van der Waals surface area (Å²) in [5.41, 5.74) is 1.63. The molecule has 0 saturated heterocycles. The first kappa shape index (κ1) is 22.3. The van der Waals surface area contributed by atoms with Crippen molar-refractivity contribution in [2.45, 2.75) is 31.6 Å². The number of hydrogen-bond donors (Lipinski definition) is 0. The normalized spacial score (nSPS) is 12.6. The number of benzene rings is 2. The van der Waals surface area contributed by atoms with Gasteiger partial charge in [-0.05, 0) is 55.2 Å². The van der Waals surface area contributed by atoms with Gasteiger partial charge in [0, 0.05) is 17.2 Å². The fraction of sp³-hybridized carbons (Fsp3) is 0.222. The van der Waals surface area contributed by atoms with Gasteiger partial charge in [-0.25, -0.2) is 9.37 Å². The third-order valence-corrected chi connectivity index (χ3v) is 5.25. The number of rotatable bonds is 11. The molecule has 3 rings (SSSR count). The maximum absolute atomic E-state index is 14.1. The average molecular weight is 418 g/mol. The van der Waals surface area contributed by atoms with Crippen LogP contribution >= 0.6 is 0 Å². The van der Waals surface area contributed by atoms with Gasteiger partial charge in [0.05, 0.1) is 0 Å². The molecule has 160 valence electrons. The van der Waals surface area contributed by atoms with Crippen LogP contribution in [0.15, 0.2) is 92.0 Å². The first-order valence-corrected chi connectivity index (χ1v) is 10.4. The standard InChI is InChI=1S/C27H28FNO2/c1-4-18-30-24-15-13-21(14-16-24)27(3,5-2)17-9-10-23-19-22(28)20-26(29-23)31-25-11-7-6-8-12-25/h4-8,11-16,19-20H,1-2,9-10,17-18H2,3H3. The van der Waals surface area contributed by atoms with Crippen LogP contribution in [0, 0.1) is 5.82 Å². The minimum absolute atomic E-state index is 0.201. The third-order valence-electron chi connectivity index (χ3n) is 5.25. The van der Waals surface area contributed by atoms with Crippen LogP contribution in [0.1, 0.15) is 31.0 Å². The second kappa shape index (κ2) is 10.6. The predicted octanol–water partition coefficient (Wildman–Crippen LogP) is 7.04. The zero-order valence-electron chi connectivity index (χ0n) is 17.9. The van der Waals surface area contributed by atoms with Crippen LogP contribution in [0.4, 0.5) is 4.39 Å². The summed E-state index contributed by atoms with van der Waals surface area (Å²) in [6, 6.07) is 20.1. The summed E-state index contributed by atoms with van der Waals surface area (Å²) in [5.74, 6) is 1.36. The Morgan fingerprint density at radius 1 is 1.00 bits per heavy atom. The van der Waals surface area contributed by atoms with Gasteiger partial charge < -0.3 is 9.47 Å². The molecule has 0 spiro atoms. The molecule has 1 aromatic heterocycles. The summed E-state index contributed by atoms with van der Waals surface area (Å²) in [5, 5.41) is 0. The van der Waals surface area contributed by atoms with Crippen LogP contribution in [0.5, 0.6) is 17.4 Å². The molecule has 0 saturated carbocycles. The fourth-order valence-corrected chi connectivity index (χ4v) is 3.40. The lowest BCUT2D eigenvalue weighted by molar-refractivity contribution is 0.363. The van der Waals surface area contributed by atoms with E-state index in [9.17, 15) is 4.39 Å². The Morgan fingerprint density at radius 3 is 2.42 bits per heavy atom. The highest BCUT2D eigenvalue weighted by Gasteiger charge is 2.22. The van der Waals surface area contributed by atoms with E-state index in [1.54, 1.807) is 6.08 Å². The average Bonchev–Trinajstić information content (AvgIpc) is 2.78. The Labute approximate surface area is 183 Å². The van der Waals surface area contributed by atoms with Crippen LogP contribution in [-0.2, 0) is 11.8 Å². The van der Waals surface area contributed by atoms with Crippen LogP contribution in [0.2, 0.25) is 0 Å². The number of aromatic nitrogens is 1. The zero-order valence-corrected chi connectivity index (χ0v) is 17.9. The quantitative estimate of drug-likeness (QED) is 0.313. The van der Waals surface area contributed by atoms with E-state index in [-0.39, 0.29) is 17.1 Å². The number of nitrogens with zero attached hydrogens (tertiary/aromatic N) is 1. The Kier molecular flexibility index (Phi) is 7.60. The molecule has 0 N–H and O–H groups in total. The van der Waals surface area contributed by atoms with Crippen molar-refractivity contribution in [3.63, 3.8) is 0 Å². The second-order valence-corrected chi connectivity index (χ2v) is 7.63. The highest BCUT2D eigenvalue weighted by atomic mass is 19.1. The number of para-hydroxylation sites is 1. The molecular weight excluding hydrogens is 389 g/mol. The summed E-state index contributed by atoms with van der Waals surface area (Å²) in [6.45, 7) is 10.3. The molecule has 2 aromatic carbocycles. The van der Waals surface area contributed by atoms with E-state index in [4.69, 9.17) is 9.47 Å². The molecule has 0 bridgehead atoms. The van der Waals surface area contributed by atoms with Crippen LogP contribution in [0.3, 0.4) is 0 Å². The number of aryl methyl sites for hydroxylation is 1. The maximum atomic E-state index is 14.1. The van der Waals surface area contributed by atoms with Crippen molar-refractivity contribution in [1.29, 1.82) is 0 Å². The Bertz CT molecular complexity index is 1000. The van der Waals surface area contributed by atoms with E-state index in [0.717, 1.165) is 24.2 Å². The molecule has 1 heterocycles. The Balaban J connectivity index is 1.63. The van der Waals surface area contributed by atoms with Gasteiger partial charge in [0.2, 0.25) is 5.88 Å². The topological polar surface area (TPSA) is 31.4 Å². The SMILES string of the molecule is C=CCOc1ccc(C(C)(C=C)CCCc2cc(F)cc(Oc3ccccc3)n2)cc1. The van der Waals surface area contributed by atoms with E-state index in [1.165, 1.54) is 12.1 Å². The molecule has 0 radical (unpaired) electrons. The second-order valence-electron chi connectivity index (χ2n) is 7.63. The molecule has 31 heavy (non-hydrogen) atoms. The zero-order chi connectivity index (χ0) is 22.1. The minimum atomic E-state index is -0.350. The molecular formula is C27H28FNO2. The minimum Gasteiger partial charge on any atom is -0.490 e. The monoisotopic (exact) mass is 417 g/mol. The highest BCUT2D eigenvalue weighted by molar-refractivity contribution is 5.35. The number of halogens is 1. The first-order valence-electron chi connectivity index (χ1n) is 10.4. The van der Waals surface area contributed by atoms with Crippen molar-refractivity contribution in [2.24, 2.45) is 0 Å². The lowest BCUT2D eigenvalue weighted by Crippen LogP contribution is -2.19. The van der Waals surface area contributed by atoms with Gasteiger partial charge in [-0.2, -0.15) is 0 Å². The summed E-state index contributed by atoms with van der Waals surface area (Å²) in [7, 11) is 0. The molecule has 0 aliphatic rings. The maximum Gasteiger partial charge on any atom is 0.222 e. The van der Waals surface area contributed by atoms with Crippen LogP contribution in [0.25, 0.3) is 0 Å². The van der Waals surface area contributed by atoms with Gasteiger partial charge in [0.1, 0.15) is 23.9 Å². The van der Waals surface area contributed by atoms with E-state index in [2.05, 4.69) is 37.2 Å². The largest absolute Gasteiger partial charge is 0.490 e. The van der Waals surface area contributed by atoms with Gasteiger partial charge >= 0.3 is 0 Å². The molecule has 0 aliphatic heterocycles. The van der Waals surface area contributed by atoms with Crippen molar-refractivity contribution in [3.8, 4) is 17.4 Å². The van der Waals surface area contributed by atoms with E-state index in [0.29, 0.717) is 24.5 Å². The van der Waals surface area contributed by atoms with Crippen LogP contribution < -0.4 is 9.47 Å². The van der Waals surface area contributed by atoms with E-state index < -0.39 is 0 Å². The smallest absolute Gasteiger partial charge is 0.222 e. The van der Waals surface area contributed by atoms with E-state index >= 15 is 0 Å². The van der Waals surface area contributed by atoms with Crippen molar-refractivity contribution in [1.82, 2.24) is 4.98 Å². The summed E-state index contributed by atoms with van der Waals surface area (Å²) in [6.07, 6.45) is 6.02. The molecule has 3 nitrogen and oxygen atoms in total. The Morgan fingerprint density at radius 2 is 1.74 bits per heavy atom.